The number of carbonyl (C=O) groups excluding carboxylic acids is 1. The highest BCUT2D eigenvalue weighted by molar-refractivity contribution is 5.87. The van der Waals surface area contributed by atoms with Crippen molar-refractivity contribution in [2.75, 3.05) is 7.11 Å². The Morgan fingerprint density at radius 3 is 3.00 bits per heavy atom. The summed E-state index contributed by atoms with van der Waals surface area (Å²) in [6, 6.07) is 1.85. The Kier molecular flexibility index (Phi) is 3.55. The van der Waals surface area contributed by atoms with Crippen molar-refractivity contribution in [1.82, 2.24) is 4.98 Å². The number of rotatable bonds is 4. The highest BCUT2D eigenvalue weighted by Gasteiger charge is 2.07. The number of ether oxygens (including phenoxy) is 1. The van der Waals surface area contributed by atoms with Crippen LogP contribution in [0.3, 0.4) is 0 Å². The summed E-state index contributed by atoms with van der Waals surface area (Å²) in [5.41, 5.74) is 1.70. The van der Waals surface area contributed by atoms with Crippen molar-refractivity contribution in [3.05, 3.63) is 23.5 Å². The summed E-state index contributed by atoms with van der Waals surface area (Å²) in [5.74, 6) is -0.303. The van der Waals surface area contributed by atoms with E-state index in [-0.39, 0.29) is 5.97 Å². The molecule has 0 amide bonds. The number of aryl methyl sites for hydroxylation is 1. The fourth-order valence-corrected chi connectivity index (χ4v) is 1.19. The molecule has 0 fully saturated rings. The molecule has 0 saturated heterocycles. The number of H-pyrrole nitrogens is 1. The van der Waals surface area contributed by atoms with Crippen LogP contribution in [0.2, 0.25) is 0 Å². The number of unbranched alkanes of at least 4 members (excludes halogenated alkanes) is 1. The normalized spacial score (nSPS) is 10.0. The summed E-state index contributed by atoms with van der Waals surface area (Å²) in [6.07, 6.45) is 5.20. The van der Waals surface area contributed by atoms with Crippen LogP contribution in [0.25, 0.3) is 0 Å². The van der Waals surface area contributed by atoms with Crippen molar-refractivity contribution in [2.24, 2.45) is 0 Å². The molecule has 1 aromatic rings. The van der Waals surface area contributed by atoms with Gasteiger partial charge in [-0.1, -0.05) is 13.3 Å². The first-order chi connectivity index (χ1) is 6.27. The lowest BCUT2D eigenvalue weighted by Crippen LogP contribution is -2.00. The molecule has 1 rings (SSSR count). The average molecular weight is 181 g/mol. The first-order valence-electron chi connectivity index (χ1n) is 4.53. The van der Waals surface area contributed by atoms with E-state index in [2.05, 4.69) is 16.6 Å². The van der Waals surface area contributed by atoms with Crippen LogP contribution in [0.1, 0.15) is 35.8 Å². The molecule has 13 heavy (non-hydrogen) atoms. The molecule has 0 atom stereocenters. The molecular formula is C10H15NO2. The fourth-order valence-electron chi connectivity index (χ4n) is 1.19. The van der Waals surface area contributed by atoms with E-state index >= 15 is 0 Å². The predicted molar refractivity (Wildman–Crippen MR) is 50.7 cm³/mol. The first kappa shape index (κ1) is 9.84. The lowest BCUT2D eigenvalue weighted by atomic mass is 10.1. The van der Waals surface area contributed by atoms with Gasteiger partial charge in [0, 0.05) is 6.20 Å². The Morgan fingerprint density at radius 2 is 2.38 bits per heavy atom. The van der Waals surface area contributed by atoms with Gasteiger partial charge in [0.1, 0.15) is 5.69 Å². The Balaban J connectivity index is 2.58. The van der Waals surface area contributed by atoms with Crippen LogP contribution in [0, 0.1) is 0 Å². The summed E-state index contributed by atoms with van der Waals surface area (Å²) in [4.78, 5) is 13.9. The third-order valence-electron chi connectivity index (χ3n) is 1.97. The van der Waals surface area contributed by atoms with E-state index in [1.54, 1.807) is 0 Å². The molecule has 0 aliphatic carbocycles. The van der Waals surface area contributed by atoms with Gasteiger partial charge in [0.05, 0.1) is 7.11 Å². The van der Waals surface area contributed by atoms with E-state index in [1.165, 1.54) is 19.1 Å². The maximum Gasteiger partial charge on any atom is 0.354 e. The maximum absolute atomic E-state index is 11.0. The van der Waals surface area contributed by atoms with E-state index in [4.69, 9.17) is 0 Å². The Morgan fingerprint density at radius 1 is 1.62 bits per heavy atom. The largest absolute Gasteiger partial charge is 0.464 e. The molecule has 3 heteroatoms. The second kappa shape index (κ2) is 4.70. The van der Waals surface area contributed by atoms with Gasteiger partial charge in [-0.05, 0) is 24.5 Å². The zero-order valence-corrected chi connectivity index (χ0v) is 8.09. The van der Waals surface area contributed by atoms with Crippen molar-refractivity contribution in [3.63, 3.8) is 0 Å². The predicted octanol–water partition coefficient (Wildman–Crippen LogP) is 2.14. The van der Waals surface area contributed by atoms with Crippen molar-refractivity contribution < 1.29 is 9.53 Å². The monoisotopic (exact) mass is 181 g/mol. The Bertz CT molecular complexity index is 278. The third-order valence-corrected chi connectivity index (χ3v) is 1.97. The average Bonchev–Trinajstić information content (AvgIpc) is 2.62. The van der Waals surface area contributed by atoms with Gasteiger partial charge >= 0.3 is 5.97 Å². The summed E-state index contributed by atoms with van der Waals surface area (Å²) >= 11 is 0. The molecule has 0 aliphatic rings. The minimum Gasteiger partial charge on any atom is -0.464 e. The molecule has 1 aromatic heterocycles. The van der Waals surface area contributed by atoms with E-state index in [1.807, 2.05) is 12.3 Å². The van der Waals surface area contributed by atoms with Crippen molar-refractivity contribution in [2.45, 2.75) is 26.2 Å². The Labute approximate surface area is 78.1 Å². The number of nitrogens with one attached hydrogen (secondary N) is 1. The number of hydrogen-bond donors (Lipinski definition) is 1. The fraction of sp³-hybridized carbons (Fsp3) is 0.500. The van der Waals surface area contributed by atoms with Crippen molar-refractivity contribution in [3.8, 4) is 0 Å². The van der Waals surface area contributed by atoms with Gasteiger partial charge in [-0.3, -0.25) is 0 Å². The first-order valence-corrected chi connectivity index (χ1v) is 4.53. The van der Waals surface area contributed by atoms with E-state index in [9.17, 15) is 4.79 Å². The number of esters is 1. The second-order valence-electron chi connectivity index (χ2n) is 3.02. The molecule has 0 aromatic carbocycles. The van der Waals surface area contributed by atoms with Gasteiger partial charge in [0.25, 0.3) is 0 Å². The van der Waals surface area contributed by atoms with Gasteiger partial charge < -0.3 is 9.72 Å². The van der Waals surface area contributed by atoms with Crippen molar-refractivity contribution >= 4 is 5.97 Å². The third kappa shape index (κ3) is 2.61. The van der Waals surface area contributed by atoms with Crippen LogP contribution in [-0.4, -0.2) is 18.1 Å². The lowest BCUT2D eigenvalue weighted by Gasteiger charge is -1.93. The van der Waals surface area contributed by atoms with Crippen molar-refractivity contribution in [1.29, 1.82) is 0 Å². The van der Waals surface area contributed by atoms with Gasteiger partial charge in [-0.15, -0.1) is 0 Å². The van der Waals surface area contributed by atoms with Gasteiger partial charge in [-0.2, -0.15) is 0 Å². The molecule has 0 aliphatic heterocycles. The molecule has 3 nitrogen and oxygen atoms in total. The van der Waals surface area contributed by atoms with Crippen LogP contribution < -0.4 is 0 Å². The summed E-state index contributed by atoms with van der Waals surface area (Å²) < 4.78 is 4.58. The number of methoxy groups -OCH3 is 1. The van der Waals surface area contributed by atoms with Crippen LogP contribution in [0.5, 0.6) is 0 Å². The molecule has 1 heterocycles. The zero-order chi connectivity index (χ0) is 9.68. The van der Waals surface area contributed by atoms with Crippen LogP contribution in [0.4, 0.5) is 0 Å². The van der Waals surface area contributed by atoms with Crippen LogP contribution >= 0.6 is 0 Å². The summed E-state index contributed by atoms with van der Waals surface area (Å²) in [7, 11) is 1.38. The van der Waals surface area contributed by atoms with Gasteiger partial charge in [0.2, 0.25) is 0 Å². The SMILES string of the molecule is CCCCc1c[nH]c(C(=O)OC)c1. The molecule has 1 N–H and O–H groups in total. The molecule has 0 saturated carbocycles. The maximum atomic E-state index is 11.0. The molecule has 0 radical (unpaired) electrons. The number of aromatic nitrogens is 1. The molecule has 0 unspecified atom stereocenters. The summed E-state index contributed by atoms with van der Waals surface area (Å²) in [6.45, 7) is 2.15. The topological polar surface area (TPSA) is 42.1 Å². The quantitative estimate of drug-likeness (QED) is 0.723. The molecule has 0 bridgehead atoms. The Hall–Kier alpha value is -1.25. The highest BCUT2D eigenvalue weighted by Crippen LogP contribution is 2.08. The summed E-state index contributed by atoms with van der Waals surface area (Å²) in [5, 5.41) is 0. The molecular weight excluding hydrogens is 166 g/mol. The second-order valence-corrected chi connectivity index (χ2v) is 3.02. The molecule has 72 valence electrons. The standard InChI is InChI=1S/C10H15NO2/c1-3-4-5-8-6-9(11-7-8)10(12)13-2/h6-7,11H,3-5H2,1-2H3. The van der Waals surface area contributed by atoms with Crippen LogP contribution in [0.15, 0.2) is 12.3 Å². The highest BCUT2D eigenvalue weighted by atomic mass is 16.5. The van der Waals surface area contributed by atoms with E-state index in [0.717, 1.165) is 12.8 Å². The minimum absolute atomic E-state index is 0.303. The number of hydrogen-bond acceptors (Lipinski definition) is 2. The smallest absolute Gasteiger partial charge is 0.354 e. The zero-order valence-electron chi connectivity index (χ0n) is 8.09. The van der Waals surface area contributed by atoms with E-state index in [0.29, 0.717) is 5.69 Å². The lowest BCUT2D eigenvalue weighted by molar-refractivity contribution is 0.0595. The van der Waals surface area contributed by atoms with E-state index < -0.39 is 0 Å². The minimum atomic E-state index is -0.303. The number of carbonyl (C=O) groups is 1. The molecule has 0 spiro atoms. The van der Waals surface area contributed by atoms with Gasteiger partial charge in [0.15, 0.2) is 0 Å². The van der Waals surface area contributed by atoms with Crippen LogP contribution in [-0.2, 0) is 11.2 Å². The van der Waals surface area contributed by atoms with Gasteiger partial charge in [-0.25, -0.2) is 4.79 Å². The number of aromatic amines is 1.